The van der Waals surface area contributed by atoms with Crippen LogP contribution >= 0.6 is 0 Å². The summed E-state index contributed by atoms with van der Waals surface area (Å²) in [5, 5.41) is 2.64. The lowest BCUT2D eigenvalue weighted by molar-refractivity contribution is -0.138. The van der Waals surface area contributed by atoms with Crippen LogP contribution in [0, 0.1) is 5.92 Å². The summed E-state index contributed by atoms with van der Waals surface area (Å²) in [6.07, 6.45) is -4.62. The summed E-state index contributed by atoms with van der Waals surface area (Å²) >= 11 is 0. The van der Waals surface area contributed by atoms with E-state index in [9.17, 15) is 31.1 Å². The van der Waals surface area contributed by atoms with E-state index in [0.717, 1.165) is 12.1 Å². The van der Waals surface area contributed by atoms with E-state index in [1.807, 2.05) is 0 Å². The van der Waals surface area contributed by atoms with Crippen LogP contribution in [-0.4, -0.2) is 42.4 Å². The Labute approximate surface area is 160 Å². The first-order chi connectivity index (χ1) is 12.9. The minimum atomic E-state index is -4.78. The van der Waals surface area contributed by atoms with Crippen LogP contribution < -0.4 is 5.32 Å². The molecule has 0 bridgehead atoms. The van der Waals surface area contributed by atoms with Crippen LogP contribution in [-0.2, 0) is 12.9 Å². The summed E-state index contributed by atoms with van der Waals surface area (Å²) in [6, 6.07) is 2.17. The van der Waals surface area contributed by atoms with Crippen LogP contribution in [0.1, 0.15) is 48.2 Å². The molecule has 1 saturated heterocycles. The molecule has 1 unspecified atom stereocenters. The molecule has 28 heavy (non-hydrogen) atoms. The summed E-state index contributed by atoms with van der Waals surface area (Å²) in [5.41, 5.74) is -1.99. The van der Waals surface area contributed by atoms with Gasteiger partial charge in [0.25, 0.3) is 11.8 Å². The topological polar surface area (TPSA) is 32.3 Å². The number of nitrogens with zero attached hydrogens (tertiary/aromatic N) is 1. The largest absolute Gasteiger partial charge is 0.416 e. The maximum atomic E-state index is 13.6. The van der Waals surface area contributed by atoms with Crippen LogP contribution in [0.3, 0.4) is 0 Å². The Morgan fingerprint density at radius 2 is 1.96 bits per heavy atom. The molecule has 0 saturated carbocycles. The molecule has 1 atom stereocenters. The van der Waals surface area contributed by atoms with Gasteiger partial charge in [-0.05, 0) is 36.6 Å². The van der Waals surface area contributed by atoms with Crippen molar-refractivity contribution in [1.29, 1.82) is 0 Å². The fourth-order valence-corrected chi connectivity index (χ4v) is 3.25. The smallest absolute Gasteiger partial charge is 0.348 e. The van der Waals surface area contributed by atoms with Gasteiger partial charge in [0.05, 0.1) is 12.1 Å². The molecule has 0 aromatic heterocycles. The second kappa shape index (κ2) is 8.71. The van der Waals surface area contributed by atoms with Gasteiger partial charge < -0.3 is 5.32 Å². The first-order valence-corrected chi connectivity index (χ1v) is 9.10. The number of halogens is 6. The molecular formula is C19H24F6N2O. The number of hydrogen-bond acceptors (Lipinski definition) is 2. The van der Waals surface area contributed by atoms with Gasteiger partial charge in [0, 0.05) is 24.6 Å². The van der Waals surface area contributed by atoms with E-state index < -0.39 is 48.4 Å². The Balaban J connectivity index is 2.14. The van der Waals surface area contributed by atoms with Crippen molar-refractivity contribution in [2.75, 3.05) is 19.6 Å². The average molecular weight is 410 g/mol. The van der Waals surface area contributed by atoms with Crippen LogP contribution in [0.5, 0.6) is 0 Å². The first-order valence-electron chi connectivity index (χ1n) is 9.10. The molecule has 1 amide bonds. The fraction of sp³-hybridized carbons (Fsp3) is 0.632. The van der Waals surface area contributed by atoms with Crippen molar-refractivity contribution in [3.63, 3.8) is 0 Å². The number of benzene rings is 1. The zero-order valence-electron chi connectivity index (χ0n) is 15.8. The van der Waals surface area contributed by atoms with Crippen molar-refractivity contribution in [3.8, 4) is 0 Å². The minimum absolute atomic E-state index is 0.119. The van der Waals surface area contributed by atoms with Gasteiger partial charge in [-0.2, -0.15) is 13.2 Å². The molecule has 1 aromatic rings. The molecule has 1 aliphatic rings. The lowest BCUT2D eigenvalue weighted by Crippen LogP contribution is -2.51. The normalized spacial score (nSPS) is 18.9. The van der Waals surface area contributed by atoms with E-state index in [1.165, 1.54) is 0 Å². The first kappa shape index (κ1) is 22.5. The van der Waals surface area contributed by atoms with Gasteiger partial charge in [0.15, 0.2) is 0 Å². The van der Waals surface area contributed by atoms with E-state index >= 15 is 0 Å². The SMILES string of the molecule is CC(C)C(CN1CCCC(F)(F)C1)NC(=O)c1ccc(CF)c(C(F)(F)F)c1. The number of carbonyl (C=O) groups is 1. The molecular weight excluding hydrogens is 386 g/mol. The van der Waals surface area contributed by atoms with Gasteiger partial charge in [-0.3, -0.25) is 9.69 Å². The summed E-state index contributed by atoms with van der Waals surface area (Å²) in [6.45, 7) is 2.52. The predicted octanol–water partition coefficient (Wildman–Crippen LogP) is 4.66. The highest BCUT2D eigenvalue weighted by molar-refractivity contribution is 5.94. The average Bonchev–Trinajstić information content (AvgIpc) is 2.58. The molecule has 2 rings (SSSR count). The number of amides is 1. The summed E-state index contributed by atoms with van der Waals surface area (Å²) in [4.78, 5) is 14.0. The van der Waals surface area contributed by atoms with Crippen molar-refractivity contribution in [2.24, 2.45) is 5.92 Å². The molecule has 1 fully saturated rings. The Bertz CT molecular complexity index is 689. The summed E-state index contributed by atoms with van der Waals surface area (Å²) in [7, 11) is 0. The molecule has 0 spiro atoms. The third kappa shape index (κ3) is 5.86. The molecule has 1 aliphatic heterocycles. The van der Waals surface area contributed by atoms with Crippen molar-refractivity contribution in [3.05, 3.63) is 34.9 Å². The maximum Gasteiger partial charge on any atom is 0.416 e. The molecule has 1 N–H and O–H groups in total. The Morgan fingerprint density at radius 1 is 1.29 bits per heavy atom. The standard InChI is InChI=1S/C19H24F6N2O/c1-12(2)16(10-27-7-3-6-18(21,22)11-27)26-17(28)13-4-5-14(9-20)15(8-13)19(23,24)25/h4-5,8,12,16H,3,6-7,9-11H2,1-2H3,(H,26,28). The highest BCUT2D eigenvalue weighted by Crippen LogP contribution is 2.33. The van der Waals surface area contributed by atoms with E-state index in [4.69, 9.17) is 0 Å². The third-order valence-electron chi connectivity index (χ3n) is 4.87. The van der Waals surface area contributed by atoms with E-state index in [0.29, 0.717) is 19.0 Å². The van der Waals surface area contributed by atoms with Gasteiger partial charge in [-0.1, -0.05) is 19.9 Å². The predicted molar refractivity (Wildman–Crippen MR) is 93.0 cm³/mol. The van der Waals surface area contributed by atoms with Crippen LogP contribution in [0.25, 0.3) is 0 Å². The highest BCUT2D eigenvalue weighted by Gasteiger charge is 2.37. The maximum absolute atomic E-state index is 13.6. The van der Waals surface area contributed by atoms with Crippen molar-refractivity contribution in [1.82, 2.24) is 10.2 Å². The lowest BCUT2D eigenvalue weighted by Gasteiger charge is -2.36. The highest BCUT2D eigenvalue weighted by atomic mass is 19.4. The van der Waals surface area contributed by atoms with Crippen LogP contribution in [0.15, 0.2) is 18.2 Å². The van der Waals surface area contributed by atoms with Crippen molar-refractivity contribution < 1.29 is 31.1 Å². The zero-order valence-corrected chi connectivity index (χ0v) is 15.8. The molecule has 0 radical (unpaired) electrons. The zero-order chi connectivity index (χ0) is 21.1. The minimum Gasteiger partial charge on any atom is -0.348 e. The second-order valence-electron chi connectivity index (χ2n) is 7.52. The molecule has 1 heterocycles. The lowest BCUT2D eigenvalue weighted by atomic mass is 9.99. The van der Waals surface area contributed by atoms with Gasteiger partial charge in [-0.25, -0.2) is 13.2 Å². The van der Waals surface area contributed by atoms with Gasteiger partial charge >= 0.3 is 6.18 Å². The Morgan fingerprint density at radius 3 is 2.50 bits per heavy atom. The Hall–Kier alpha value is -1.77. The molecule has 0 aliphatic carbocycles. The quantitative estimate of drug-likeness (QED) is 0.692. The number of carbonyl (C=O) groups excluding carboxylic acids is 1. The van der Waals surface area contributed by atoms with E-state index in [-0.39, 0.29) is 24.4 Å². The van der Waals surface area contributed by atoms with Gasteiger partial charge in [-0.15, -0.1) is 0 Å². The Kier molecular flexibility index (Phi) is 7.01. The fourth-order valence-electron chi connectivity index (χ4n) is 3.25. The molecule has 1 aromatic carbocycles. The number of piperidine rings is 1. The number of alkyl halides is 6. The van der Waals surface area contributed by atoms with E-state index in [1.54, 1.807) is 18.7 Å². The van der Waals surface area contributed by atoms with Gasteiger partial charge in [0.1, 0.15) is 6.67 Å². The van der Waals surface area contributed by atoms with Gasteiger partial charge in [0.2, 0.25) is 0 Å². The van der Waals surface area contributed by atoms with E-state index in [2.05, 4.69) is 5.32 Å². The molecule has 9 heteroatoms. The number of nitrogens with one attached hydrogen (secondary N) is 1. The second-order valence-corrected chi connectivity index (χ2v) is 7.52. The van der Waals surface area contributed by atoms with Crippen LogP contribution in [0.4, 0.5) is 26.3 Å². The number of rotatable bonds is 6. The molecule has 3 nitrogen and oxygen atoms in total. The number of likely N-dealkylation sites (tertiary alicyclic amines) is 1. The molecule has 158 valence electrons. The number of hydrogen-bond donors (Lipinski definition) is 1. The van der Waals surface area contributed by atoms with Crippen molar-refractivity contribution >= 4 is 5.91 Å². The van der Waals surface area contributed by atoms with Crippen LogP contribution in [0.2, 0.25) is 0 Å². The monoisotopic (exact) mass is 410 g/mol. The third-order valence-corrected chi connectivity index (χ3v) is 4.87. The van der Waals surface area contributed by atoms with Crippen molar-refractivity contribution in [2.45, 2.75) is 51.5 Å². The summed E-state index contributed by atoms with van der Waals surface area (Å²) in [5.74, 6) is -3.65. The summed E-state index contributed by atoms with van der Waals surface area (Å²) < 4.78 is 79.2.